The van der Waals surface area contributed by atoms with Crippen molar-refractivity contribution >= 4 is 11.8 Å². The Hall–Kier alpha value is -1.12. The van der Waals surface area contributed by atoms with Crippen molar-refractivity contribution in [2.45, 2.75) is 44.9 Å². The number of carbonyl (C=O) groups excluding carboxylic acids is 2. The van der Waals surface area contributed by atoms with Crippen LogP contribution >= 0.6 is 0 Å². The Morgan fingerprint density at radius 3 is 2.50 bits per heavy atom. The minimum Gasteiger partial charge on any atom is -0.292 e. The molecule has 16 heavy (non-hydrogen) atoms. The summed E-state index contributed by atoms with van der Waals surface area (Å²) >= 11 is 0. The lowest BCUT2D eigenvalue weighted by Crippen LogP contribution is -2.20. The van der Waals surface area contributed by atoms with Crippen molar-refractivity contribution in [3.05, 3.63) is 11.1 Å². The Morgan fingerprint density at radius 2 is 1.88 bits per heavy atom. The van der Waals surface area contributed by atoms with Gasteiger partial charge in [-0.15, -0.1) is 0 Å². The molecule has 0 radical (unpaired) electrons. The van der Waals surface area contributed by atoms with Crippen LogP contribution in [0.4, 0.5) is 0 Å². The summed E-state index contributed by atoms with van der Waals surface area (Å²) < 4.78 is 0. The molecule has 3 rings (SSSR count). The van der Waals surface area contributed by atoms with E-state index in [1.54, 1.807) is 0 Å². The summed E-state index contributed by atoms with van der Waals surface area (Å²) in [5.74, 6) is 1.45. The largest absolute Gasteiger partial charge is 0.292 e. The third-order valence-electron chi connectivity index (χ3n) is 4.14. The zero-order chi connectivity index (χ0) is 11.1. The Bertz CT molecular complexity index is 379. The molecule has 1 N–H and O–H groups in total. The predicted molar refractivity (Wildman–Crippen MR) is 59.5 cm³/mol. The molecule has 3 aliphatic rings. The second-order valence-electron chi connectivity index (χ2n) is 5.33. The van der Waals surface area contributed by atoms with E-state index >= 15 is 0 Å². The smallest absolute Gasteiger partial charge is 0.254 e. The Kier molecular flexibility index (Phi) is 2.34. The predicted octanol–water partition coefficient (Wildman–Crippen LogP) is 1.93. The zero-order valence-corrected chi connectivity index (χ0v) is 9.42. The third-order valence-corrected chi connectivity index (χ3v) is 4.14. The number of hydrogen-bond acceptors (Lipinski definition) is 2. The van der Waals surface area contributed by atoms with Gasteiger partial charge in [0.2, 0.25) is 5.91 Å². The van der Waals surface area contributed by atoms with E-state index in [0.717, 1.165) is 30.3 Å². The molecule has 0 aromatic carbocycles. The average molecular weight is 219 g/mol. The summed E-state index contributed by atoms with van der Waals surface area (Å²) in [6.45, 7) is 0. The fourth-order valence-electron chi connectivity index (χ4n) is 3.11. The van der Waals surface area contributed by atoms with Gasteiger partial charge in [-0.3, -0.25) is 14.9 Å². The van der Waals surface area contributed by atoms with Crippen molar-refractivity contribution in [2.75, 3.05) is 0 Å². The van der Waals surface area contributed by atoms with Gasteiger partial charge in [0.25, 0.3) is 5.91 Å². The van der Waals surface area contributed by atoms with E-state index in [-0.39, 0.29) is 11.8 Å². The highest BCUT2D eigenvalue weighted by molar-refractivity contribution is 6.13. The van der Waals surface area contributed by atoms with Crippen molar-refractivity contribution in [1.82, 2.24) is 5.32 Å². The fourth-order valence-corrected chi connectivity index (χ4v) is 3.11. The minimum atomic E-state index is -0.128. The molecule has 3 heteroatoms. The van der Waals surface area contributed by atoms with E-state index < -0.39 is 0 Å². The van der Waals surface area contributed by atoms with Gasteiger partial charge in [-0.25, -0.2) is 0 Å². The lowest BCUT2D eigenvalue weighted by molar-refractivity contribution is -0.124. The van der Waals surface area contributed by atoms with Crippen LogP contribution in [-0.4, -0.2) is 11.8 Å². The van der Waals surface area contributed by atoms with Crippen LogP contribution in [0.5, 0.6) is 0 Å². The van der Waals surface area contributed by atoms with Crippen molar-refractivity contribution in [3.63, 3.8) is 0 Å². The Morgan fingerprint density at radius 1 is 1.06 bits per heavy atom. The normalized spacial score (nSPS) is 35.4. The number of rotatable bonds is 1. The monoisotopic (exact) mass is 219 g/mol. The maximum atomic E-state index is 11.6. The molecule has 0 aromatic rings. The van der Waals surface area contributed by atoms with Gasteiger partial charge in [-0.1, -0.05) is 5.57 Å². The van der Waals surface area contributed by atoms with Crippen LogP contribution in [0, 0.1) is 11.8 Å². The summed E-state index contributed by atoms with van der Waals surface area (Å²) in [5, 5.41) is 2.39. The highest BCUT2D eigenvalue weighted by Gasteiger charge is 2.35. The quantitative estimate of drug-likeness (QED) is 0.541. The van der Waals surface area contributed by atoms with Gasteiger partial charge in [-0.2, -0.15) is 0 Å². The van der Waals surface area contributed by atoms with Gasteiger partial charge >= 0.3 is 0 Å². The van der Waals surface area contributed by atoms with Crippen molar-refractivity contribution < 1.29 is 9.59 Å². The molecule has 1 saturated heterocycles. The van der Waals surface area contributed by atoms with Crippen LogP contribution in [-0.2, 0) is 9.59 Å². The van der Waals surface area contributed by atoms with E-state index in [0.29, 0.717) is 6.42 Å². The van der Waals surface area contributed by atoms with Crippen LogP contribution in [0.3, 0.4) is 0 Å². The van der Waals surface area contributed by atoms with Gasteiger partial charge in [0.15, 0.2) is 0 Å². The van der Waals surface area contributed by atoms with Crippen LogP contribution < -0.4 is 5.32 Å². The molecule has 0 spiro atoms. The molecule has 2 aliphatic carbocycles. The van der Waals surface area contributed by atoms with Gasteiger partial charge in [-0.05, 0) is 50.4 Å². The molecular weight excluding hydrogens is 202 g/mol. The SMILES string of the molecule is O=C1CC(=C2CCCC(C3CC3)C2)C(=O)N1. The van der Waals surface area contributed by atoms with Crippen molar-refractivity contribution in [2.24, 2.45) is 11.8 Å². The van der Waals surface area contributed by atoms with E-state index in [4.69, 9.17) is 0 Å². The molecular formula is C13H17NO2. The van der Waals surface area contributed by atoms with Crippen LogP contribution in [0.2, 0.25) is 0 Å². The van der Waals surface area contributed by atoms with E-state index in [1.807, 2.05) is 0 Å². The van der Waals surface area contributed by atoms with Gasteiger partial charge in [0.1, 0.15) is 0 Å². The fraction of sp³-hybridized carbons (Fsp3) is 0.692. The van der Waals surface area contributed by atoms with E-state index in [2.05, 4.69) is 5.32 Å². The molecule has 2 saturated carbocycles. The minimum absolute atomic E-state index is 0.124. The molecule has 1 unspecified atom stereocenters. The van der Waals surface area contributed by atoms with Crippen LogP contribution in [0.15, 0.2) is 11.1 Å². The first-order valence-electron chi connectivity index (χ1n) is 6.29. The first kappa shape index (κ1) is 10.1. The second kappa shape index (κ2) is 3.72. The molecule has 0 aromatic heterocycles. The number of nitrogens with one attached hydrogen (secondary N) is 1. The molecule has 1 heterocycles. The molecule has 3 fully saturated rings. The van der Waals surface area contributed by atoms with Crippen LogP contribution in [0.1, 0.15) is 44.9 Å². The second-order valence-corrected chi connectivity index (χ2v) is 5.33. The van der Waals surface area contributed by atoms with Crippen LogP contribution in [0.25, 0.3) is 0 Å². The first-order chi connectivity index (χ1) is 7.74. The summed E-state index contributed by atoms with van der Waals surface area (Å²) in [5.41, 5.74) is 2.06. The standard InChI is InChI=1S/C13H17NO2/c15-12-7-11(13(16)14-12)10-3-1-2-9(6-10)8-4-5-8/h8-9H,1-7H2,(H,14,15,16). The van der Waals surface area contributed by atoms with E-state index in [1.165, 1.54) is 31.3 Å². The maximum absolute atomic E-state index is 11.6. The van der Waals surface area contributed by atoms with Gasteiger partial charge < -0.3 is 0 Å². The van der Waals surface area contributed by atoms with E-state index in [9.17, 15) is 9.59 Å². The number of imide groups is 1. The Balaban J connectivity index is 1.79. The lowest BCUT2D eigenvalue weighted by Gasteiger charge is -2.25. The van der Waals surface area contributed by atoms with Crippen molar-refractivity contribution in [1.29, 1.82) is 0 Å². The molecule has 1 aliphatic heterocycles. The summed E-state index contributed by atoms with van der Waals surface area (Å²) in [6, 6.07) is 0. The summed E-state index contributed by atoms with van der Waals surface area (Å²) in [4.78, 5) is 22.8. The zero-order valence-electron chi connectivity index (χ0n) is 9.42. The molecule has 86 valence electrons. The number of allylic oxidation sites excluding steroid dienone is 1. The topological polar surface area (TPSA) is 46.2 Å². The maximum Gasteiger partial charge on any atom is 0.254 e. The highest BCUT2D eigenvalue weighted by atomic mass is 16.2. The molecule has 3 nitrogen and oxygen atoms in total. The molecule has 2 amide bonds. The first-order valence-corrected chi connectivity index (χ1v) is 6.29. The molecule has 1 atom stereocenters. The Labute approximate surface area is 95.3 Å². The highest BCUT2D eigenvalue weighted by Crippen LogP contribution is 2.46. The third kappa shape index (κ3) is 1.79. The average Bonchev–Trinajstić information content (AvgIpc) is 3.05. The number of hydrogen-bond donors (Lipinski definition) is 1. The van der Waals surface area contributed by atoms with Gasteiger partial charge in [0, 0.05) is 5.57 Å². The number of carbonyl (C=O) groups is 2. The lowest BCUT2D eigenvalue weighted by atomic mass is 9.80. The summed E-state index contributed by atoms with van der Waals surface area (Å²) in [7, 11) is 0. The van der Waals surface area contributed by atoms with Gasteiger partial charge in [0.05, 0.1) is 6.42 Å². The van der Waals surface area contributed by atoms with Crippen molar-refractivity contribution in [3.8, 4) is 0 Å². The number of amides is 2. The molecule has 0 bridgehead atoms. The summed E-state index contributed by atoms with van der Waals surface area (Å²) in [6.07, 6.45) is 7.68.